The van der Waals surface area contributed by atoms with E-state index in [1.54, 1.807) is 6.07 Å². The fraction of sp³-hybridized carbons (Fsp3) is 0.200. The lowest BCUT2D eigenvalue weighted by Crippen LogP contribution is -2.11. The summed E-state index contributed by atoms with van der Waals surface area (Å²) in [5.74, 6) is -1.20. The third-order valence-corrected chi connectivity index (χ3v) is 4.09. The average Bonchev–Trinajstić information content (AvgIpc) is 2.65. The highest BCUT2D eigenvalue weighted by atomic mass is 19.3. The van der Waals surface area contributed by atoms with Crippen LogP contribution in [0.5, 0.6) is 11.5 Å². The van der Waals surface area contributed by atoms with Gasteiger partial charge in [0.15, 0.2) is 0 Å². The van der Waals surface area contributed by atoms with E-state index in [-0.39, 0.29) is 29.3 Å². The number of rotatable bonds is 6. The number of hydrogen-bond donors (Lipinski definition) is 1. The number of para-hydroxylation sites is 1. The first-order chi connectivity index (χ1) is 13.4. The molecule has 0 bridgehead atoms. The minimum Gasteiger partial charge on any atom is -0.508 e. The van der Waals surface area contributed by atoms with E-state index in [0.29, 0.717) is 22.9 Å². The van der Waals surface area contributed by atoms with Crippen LogP contribution in [0, 0.1) is 0 Å². The summed E-state index contributed by atoms with van der Waals surface area (Å²) < 4.78 is 39.6. The molecule has 0 atom stereocenters. The highest BCUT2D eigenvalue weighted by molar-refractivity contribution is 5.92. The monoisotopic (exact) mass is 390 g/mol. The predicted molar refractivity (Wildman–Crippen MR) is 95.7 cm³/mol. The van der Waals surface area contributed by atoms with Gasteiger partial charge < -0.3 is 19.0 Å². The van der Waals surface area contributed by atoms with Gasteiger partial charge in [-0.25, -0.2) is 9.59 Å². The molecule has 0 aliphatic carbocycles. The Bertz CT molecular complexity index is 1070. The second-order valence-electron chi connectivity index (χ2n) is 5.87. The van der Waals surface area contributed by atoms with Crippen molar-refractivity contribution in [3.63, 3.8) is 0 Å². The number of alkyl halides is 2. The molecule has 28 heavy (non-hydrogen) atoms. The van der Waals surface area contributed by atoms with Crippen molar-refractivity contribution in [2.45, 2.75) is 26.6 Å². The van der Waals surface area contributed by atoms with E-state index in [1.165, 1.54) is 36.4 Å². The summed E-state index contributed by atoms with van der Waals surface area (Å²) in [6, 6.07) is 9.60. The van der Waals surface area contributed by atoms with Crippen molar-refractivity contribution < 1.29 is 32.6 Å². The van der Waals surface area contributed by atoms with Gasteiger partial charge in [0, 0.05) is 23.1 Å². The minimum atomic E-state index is -3.09. The van der Waals surface area contributed by atoms with Gasteiger partial charge in [-0.05, 0) is 30.2 Å². The van der Waals surface area contributed by atoms with Crippen LogP contribution in [0.2, 0.25) is 0 Å². The highest BCUT2D eigenvalue weighted by Gasteiger charge is 2.18. The Morgan fingerprint density at radius 3 is 2.64 bits per heavy atom. The molecule has 0 saturated heterocycles. The predicted octanol–water partition coefficient (Wildman–Crippen LogP) is 4.02. The van der Waals surface area contributed by atoms with Crippen LogP contribution in [-0.2, 0) is 17.8 Å². The number of benzene rings is 2. The van der Waals surface area contributed by atoms with E-state index in [2.05, 4.69) is 4.74 Å². The lowest BCUT2D eigenvalue weighted by atomic mass is 10.0. The molecule has 0 aliphatic rings. The maximum atomic E-state index is 12.5. The van der Waals surface area contributed by atoms with Crippen molar-refractivity contribution in [2.24, 2.45) is 0 Å². The number of hydrogen-bond acceptors (Lipinski definition) is 6. The van der Waals surface area contributed by atoms with Crippen LogP contribution in [0.15, 0.2) is 51.7 Å². The highest BCUT2D eigenvalue weighted by Crippen LogP contribution is 2.28. The zero-order valence-corrected chi connectivity index (χ0v) is 14.8. The molecule has 0 fully saturated rings. The number of ether oxygens (including phenoxy) is 2. The maximum Gasteiger partial charge on any atom is 0.387 e. The molecule has 0 radical (unpaired) electrons. The molecule has 3 aromatic rings. The van der Waals surface area contributed by atoms with Crippen molar-refractivity contribution in [1.82, 2.24) is 0 Å². The minimum absolute atomic E-state index is 0.00892. The lowest BCUT2D eigenvalue weighted by molar-refractivity contribution is -0.0505. The zero-order valence-electron chi connectivity index (χ0n) is 14.8. The largest absolute Gasteiger partial charge is 0.508 e. The molecule has 1 N–H and O–H groups in total. The fourth-order valence-corrected chi connectivity index (χ4v) is 2.76. The Labute approximate surface area is 157 Å². The van der Waals surface area contributed by atoms with Crippen molar-refractivity contribution in [1.29, 1.82) is 0 Å². The molecule has 0 amide bonds. The summed E-state index contributed by atoms with van der Waals surface area (Å²) in [6.45, 7) is -1.53. The Kier molecular flexibility index (Phi) is 5.58. The normalized spacial score (nSPS) is 11.0. The lowest BCUT2D eigenvalue weighted by Gasteiger charge is -2.12. The second kappa shape index (κ2) is 8.08. The Morgan fingerprint density at radius 2 is 1.93 bits per heavy atom. The number of carbonyl (C=O) groups is 1. The third kappa shape index (κ3) is 4.11. The number of esters is 1. The smallest absolute Gasteiger partial charge is 0.387 e. The van der Waals surface area contributed by atoms with Gasteiger partial charge in [-0.3, -0.25) is 0 Å². The summed E-state index contributed by atoms with van der Waals surface area (Å²) in [5, 5.41) is 10.4. The Morgan fingerprint density at radius 1 is 1.18 bits per heavy atom. The van der Waals surface area contributed by atoms with Gasteiger partial charge in [-0.15, -0.1) is 0 Å². The average molecular weight is 390 g/mol. The van der Waals surface area contributed by atoms with E-state index in [1.807, 2.05) is 6.92 Å². The molecule has 0 aliphatic heterocycles. The number of aromatic hydroxyl groups is 1. The number of phenols is 1. The first-order valence-corrected chi connectivity index (χ1v) is 8.38. The van der Waals surface area contributed by atoms with Crippen molar-refractivity contribution in [3.05, 3.63) is 69.6 Å². The molecule has 146 valence electrons. The van der Waals surface area contributed by atoms with Crippen LogP contribution in [0.25, 0.3) is 11.0 Å². The summed E-state index contributed by atoms with van der Waals surface area (Å²) in [5.41, 5.74) is 0.298. The van der Waals surface area contributed by atoms with E-state index in [0.717, 1.165) is 0 Å². The van der Waals surface area contributed by atoms with Gasteiger partial charge in [0.2, 0.25) is 0 Å². The molecule has 0 unspecified atom stereocenters. The molecular weight excluding hydrogens is 374 g/mol. The quantitative estimate of drug-likeness (QED) is 0.505. The van der Waals surface area contributed by atoms with Crippen LogP contribution in [-0.4, -0.2) is 17.7 Å². The van der Waals surface area contributed by atoms with E-state index >= 15 is 0 Å². The van der Waals surface area contributed by atoms with E-state index in [9.17, 15) is 23.5 Å². The van der Waals surface area contributed by atoms with Gasteiger partial charge >= 0.3 is 18.2 Å². The fourth-order valence-electron chi connectivity index (χ4n) is 2.76. The molecule has 1 heterocycles. The van der Waals surface area contributed by atoms with Gasteiger partial charge in [0.25, 0.3) is 0 Å². The molecule has 3 rings (SSSR count). The van der Waals surface area contributed by atoms with Crippen molar-refractivity contribution in [2.75, 3.05) is 0 Å². The number of halogens is 2. The zero-order chi connectivity index (χ0) is 20.3. The maximum absolute atomic E-state index is 12.5. The second-order valence-corrected chi connectivity index (χ2v) is 5.87. The number of aryl methyl sites for hydroxylation is 1. The van der Waals surface area contributed by atoms with Crippen molar-refractivity contribution in [3.8, 4) is 11.5 Å². The summed E-state index contributed by atoms with van der Waals surface area (Å²) in [4.78, 5) is 24.1. The SMILES string of the molecule is CCc1cc2c(COC(=O)c3ccccc3OC(F)F)cc(=O)oc2cc1O. The van der Waals surface area contributed by atoms with Crippen LogP contribution in [0.3, 0.4) is 0 Å². The standard InChI is InChI=1S/C20H16F2O6/c1-2-11-7-14-12(8-18(24)27-17(14)9-15(11)23)10-26-19(25)13-5-3-4-6-16(13)28-20(21)22/h3-9,20,23H,2,10H2,1H3. The van der Waals surface area contributed by atoms with Gasteiger partial charge in [-0.2, -0.15) is 8.78 Å². The summed E-state index contributed by atoms with van der Waals surface area (Å²) in [6.07, 6.45) is 0.540. The van der Waals surface area contributed by atoms with Crippen molar-refractivity contribution >= 4 is 16.9 Å². The summed E-state index contributed by atoms with van der Waals surface area (Å²) >= 11 is 0. The molecule has 2 aromatic carbocycles. The number of fused-ring (bicyclic) bond motifs is 1. The van der Waals surface area contributed by atoms with E-state index < -0.39 is 18.2 Å². The first kappa shape index (κ1) is 19.3. The van der Waals surface area contributed by atoms with Gasteiger partial charge in [0.1, 0.15) is 29.3 Å². The number of carbonyl (C=O) groups excluding carboxylic acids is 1. The molecule has 8 heteroatoms. The molecule has 1 aromatic heterocycles. The third-order valence-electron chi connectivity index (χ3n) is 4.09. The van der Waals surface area contributed by atoms with Gasteiger partial charge in [0.05, 0.1) is 0 Å². The van der Waals surface area contributed by atoms with Crippen LogP contribution in [0.4, 0.5) is 8.78 Å². The topological polar surface area (TPSA) is 86.0 Å². The van der Waals surface area contributed by atoms with Crippen LogP contribution in [0.1, 0.15) is 28.4 Å². The number of phenolic OH excluding ortho intramolecular Hbond substituents is 1. The first-order valence-electron chi connectivity index (χ1n) is 8.38. The van der Waals surface area contributed by atoms with E-state index in [4.69, 9.17) is 9.15 Å². The molecule has 0 spiro atoms. The Balaban J connectivity index is 1.90. The van der Waals surface area contributed by atoms with Crippen LogP contribution < -0.4 is 10.4 Å². The summed E-state index contributed by atoms with van der Waals surface area (Å²) in [7, 11) is 0. The molecular formula is C20H16F2O6. The van der Waals surface area contributed by atoms with Crippen LogP contribution >= 0.6 is 0 Å². The molecule has 6 nitrogen and oxygen atoms in total. The Hall–Kier alpha value is -3.42. The van der Waals surface area contributed by atoms with Gasteiger partial charge in [-0.1, -0.05) is 19.1 Å². The molecule has 0 saturated carbocycles.